The van der Waals surface area contributed by atoms with Crippen molar-refractivity contribution in [1.82, 2.24) is 15.3 Å². The van der Waals surface area contributed by atoms with Gasteiger partial charge in [0, 0.05) is 36.6 Å². The van der Waals surface area contributed by atoms with Crippen molar-refractivity contribution < 1.29 is 19.1 Å². The van der Waals surface area contributed by atoms with Gasteiger partial charge in [-0.15, -0.1) is 0 Å². The molecule has 200 valence electrons. The lowest BCUT2D eigenvalue weighted by molar-refractivity contribution is -0.119. The van der Waals surface area contributed by atoms with Gasteiger partial charge in [0.15, 0.2) is 0 Å². The fraction of sp³-hybridized carbons (Fsp3) is 0.400. The third kappa shape index (κ3) is 7.94. The Bertz CT molecular complexity index is 1300. The minimum absolute atomic E-state index is 0.0587. The largest absolute Gasteiger partial charge is 0.490 e. The molecule has 38 heavy (non-hydrogen) atoms. The highest BCUT2D eigenvalue weighted by Gasteiger charge is 2.19. The number of imidazole rings is 1. The molecule has 0 saturated carbocycles. The number of aromatic amines is 1. The number of nitrogens with zero attached hydrogens (tertiary/aromatic N) is 2. The zero-order valence-electron chi connectivity index (χ0n) is 22.9. The van der Waals surface area contributed by atoms with Crippen LogP contribution in [0.5, 0.6) is 5.75 Å². The fourth-order valence-electron chi connectivity index (χ4n) is 3.94. The smallest absolute Gasteiger partial charge is 0.338 e. The molecule has 0 aliphatic rings. The SMILES string of the molecule is CC(=O)N[C@H](CCOC(=O)c1ccc(OC(C)C)c(C#N)c1)Cc1ccc(-c2c[nH]c(C(C)(C)C)n2)cc1. The Kier molecular flexibility index (Phi) is 9.30. The Morgan fingerprint density at radius 3 is 2.42 bits per heavy atom. The molecule has 0 aliphatic carbocycles. The van der Waals surface area contributed by atoms with Gasteiger partial charge < -0.3 is 19.8 Å². The highest BCUT2D eigenvalue weighted by molar-refractivity contribution is 5.90. The number of hydrogen-bond donors (Lipinski definition) is 2. The number of hydrogen-bond acceptors (Lipinski definition) is 6. The second kappa shape index (κ2) is 12.4. The first-order chi connectivity index (χ1) is 18.0. The van der Waals surface area contributed by atoms with Gasteiger partial charge in [0.1, 0.15) is 17.6 Å². The van der Waals surface area contributed by atoms with Crippen LogP contribution in [0.4, 0.5) is 0 Å². The number of amides is 1. The number of benzene rings is 2. The van der Waals surface area contributed by atoms with E-state index in [1.54, 1.807) is 12.1 Å². The first kappa shape index (κ1) is 28.5. The van der Waals surface area contributed by atoms with Crippen LogP contribution in [0.25, 0.3) is 11.3 Å². The van der Waals surface area contributed by atoms with Crippen molar-refractivity contribution in [2.75, 3.05) is 6.61 Å². The molecule has 0 fully saturated rings. The maximum absolute atomic E-state index is 12.6. The van der Waals surface area contributed by atoms with E-state index in [9.17, 15) is 14.9 Å². The molecule has 0 saturated heterocycles. The zero-order valence-corrected chi connectivity index (χ0v) is 22.9. The van der Waals surface area contributed by atoms with Gasteiger partial charge in [0.25, 0.3) is 0 Å². The van der Waals surface area contributed by atoms with Gasteiger partial charge in [0.2, 0.25) is 5.91 Å². The minimum atomic E-state index is -0.530. The van der Waals surface area contributed by atoms with E-state index in [-0.39, 0.29) is 41.2 Å². The second-order valence-electron chi connectivity index (χ2n) is 10.6. The molecular formula is C30H36N4O4. The molecule has 0 bridgehead atoms. The Hall–Kier alpha value is -4.12. The summed E-state index contributed by atoms with van der Waals surface area (Å²) in [6, 6.07) is 14.6. The average Bonchev–Trinajstić information content (AvgIpc) is 3.35. The van der Waals surface area contributed by atoms with E-state index in [1.165, 1.54) is 13.0 Å². The van der Waals surface area contributed by atoms with Crippen LogP contribution in [-0.4, -0.2) is 40.6 Å². The maximum Gasteiger partial charge on any atom is 0.338 e. The molecule has 3 rings (SSSR count). The lowest BCUT2D eigenvalue weighted by Gasteiger charge is -2.18. The van der Waals surface area contributed by atoms with Gasteiger partial charge in [-0.05, 0) is 44.0 Å². The van der Waals surface area contributed by atoms with E-state index in [4.69, 9.17) is 14.5 Å². The lowest BCUT2D eigenvalue weighted by atomic mass is 9.96. The average molecular weight is 517 g/mol. The van der Waals surface area contributed by atoms with Crippen molar-refractivity contribution in [3.63, 3.8) is 0 Å². The van der Waals surface area contributed by atoms with Crippen LogP contribution in [0.1, 0.15) is 75.3 Å². The molecule has 1 heterocycles. The van der Waals surface area contributed by atoms with Crippen LogP contribution >= 0.6 is 0 Å². The molecule has 3 aromatic rings. The molecule has 0 spiro atoms. The molecule has 1 amide bonds. The summed E-state index contributed by atoms with van der Waals surface area (Å²) in [5.41, 5.74) is 3.43. The van der Waals surface area contributed by atoms with E-state index in [1.807, 2.05) is 44.3 Å². The minimum Gasteiger partial charge on any atom is -0.490 e. The standard InChI is InChI=1S/C30H36N4O4/c1-19(2)38-27-12-11-23(16-24(27)17-31)28(36)37-14-13-25(33-20(3)35)15-21-7-9-22(10-8-21)26-18-32-29(34-26)30(4,5)6/h7-12,16,18-19,25H,13-15H2,1-6H3,(H,32,34)(H,33,35)/t25-/m1/s1. The van der Waals surface area contributed by atoms with Gasteiger partial charge in [-0.1, -0.05) is 45.0 Å². The molecule has 2 aromatic carbocycles. The fourth-order valence-corrected chi connectivity index (χ4v) is 3.94. The number of carbonyl (C=O) groups excluding carboxylic acids is 2. The van der Waals surface area contributed by atoms with E-state index >= 15 is 0 Å². The zero-order chi connectivity index (χ0) is 27.9. The molecule has 1 atom stereocenters. The van der Waals surface area contributed by atoms with Crippen LogP contribution in [0.2, 0.25) is 0 Å². The van der Waals surface area contributed by atoms with Gasteiger partial charge in [-0.25, -0.2) is 9.78 Å². The number of H-pyrrole nitrogens is 1. The van der Waals surface area contributed by atoms with Crippen LogP contribution < -0.4 is 10.1 Å². The van der Waals surface area contributed by atoms with Crippen LogP contribution in [0.15, 0.2) is 48.7 Å². The van der Waals surface area contributed by atoms with Crippen molar-refractivity contribution in [2.45, 2.75) is 71.9 Å². The molecule has 0 aliphatic heterocycles. The monoisotopic (exact) mass is 516 g/mol. The Balaban J connectivity index is 1.60. The van der Waals surface area contributed by atoms with Crippen LogP contribution in [-0.2, 0) is 21.4 Å². The van der Waals surface area contributed by atoms with E-state index in [2.05, 4.69) is 37.1 Å². The number of aromatic nitrogens is 2. The number of nitrogens with one attached hydrogen (secondary N) is 2. The van der Waals surface area contributed by atoms with Crippen molar-refractivity contribution in [1.29, 1.82) is 5.26 Å². The summed E-state index contributed by atoms with van der Waals surface area (Å²) < 4.78 is 11.1. The van der Waals surface area contributed by atoms with Crippen molar-refractivity contribution in [3.8, 4) is 23.1 Å². The summed E-state index contributed by atoms with van der Waals surface area (Å²) >= 11 is 0. The summed E-state index contributed by atoms with van der Waals surface area (Å²) in [5.74, 6) is 0.680. The molecule has 8 nitrogen and oxygen atoms in total. The van der Waals surface area contributed by atoms with Crippen LogP contribution in [0.3, 0.4) is 0 Å². The van der Waals surface area contributed by atoms with E-state index in [0.717, 1.165) is 22.6 Å². The number of carbonyl (C=O) groups is 2. The highest BCUT2D eigenvalue weighted by atomic mass is 16.5. The third-order valence-electron chi connectivity index (χ3n) is 5.83. The molecule has 8 heteroatoms. The Morgan fingerprint density at radius 2 is 1.84 bits per heavy atom. The highest BCUT2D eigenvalue weighted by Crippen LogP contribution is 2.24. The summed E-state index contributed by atoms with van der Waals surface area (Å²) in [4.78, 5) is 32.3. The normalized spacial score (nSPS) is 12.1. The predicted molar refractivity (Wildman–Crippen MR) is 146 cm³/mol. The summed E-state index contributed by atoms with van der Waals surface area (Å²) in [7, 11) is 0. The van der Waals surface area contributed by atoms with Gasteiger partial charge in [0.05, 0.1) is 29.5 Å². The Labute approximate surface area is 224 Å². The van der Waals surface area contributed by atoms with Gasteiger partial charge >= 0.3 is 5.97 Å². The van der Waals surface area contributed by atoms with E-state index < -0.39 is 5.97 Å². The van der Waals surface area contributed by atoms with Crippen molar-refractivity contribution in [2.24, 2.45) is 0 Å². The Morgan fingerprint density at radius 1 is 1.13 bits per heavy atom. The first-order valence-electron chi connectivity index (χ1n) is 12.8. The second-order valence-corrected chi connectivity index (χ2v) is 10.6. The molecule has 2 N–H and O–H groups in total. The first-order valence-corrected chi connectivity index (χ1v) is 12.8. The van der Waals surface area contributed by atoms with E-state index in [0.29, 0.717) is 18.6 Å². The lowest BCUT2D eigenvalue weighted by Crippen LogP contribution is -2.36. The molecule has 1 aromatic heterocycles. The van der Waals surface area contributed by atoms with Crippen LogP contribution in [0, 0.1) is 11.3 Å². The summed E-state index contributed by atoms with van der Waals surface area (Å²) in [5, 5.41) is 12.3. The molecule has 0 unspecified atom stereocenters. The number of rotatable bonds is 10. The van der Waals surface area contributed by atoms with Gasteiger partial charge in [-0.3, -0.25) is 4.79 Å². The molecular weight excluding hydrogens is 480 g/mol. The predicted octanol–water partition coefficient (Wildman–Crippen LogP) is 5.33. The summed E-state index contributed by atoms with van der Waals surface area (Å²) in [6.07, 6.45) is 2.86. The summed E-state index contributed by atoms with van der Waals surface area (Å²) in [6.45, 7) is 11.7. The number of nitriles is 1. The quantitative estimate of drug-likeness (QED) is 0.352. The van der Waals surface area contributed by atoms with Crippen molar-refractivity contribution in [3.05, 3.63) is 71.2 Å². The number of ether oxygens (including phenoxy) is 2. The maximum atomic E-state index is 12.6. The third-order valence-corrected chi connectivity index (χ3v) is 5.83. The molecule has 0 radical (unpaired) electrons. The van der Waals surface area contributed by atoms with Gasteiger partial charge in [-0.2, -0.15) is 5.26 Å². The number of esters is 1. The van der Waals surface area contributed by atoms with Crippen molar-refractivity contribution >= 4 is 11.9 Å². The topological polar surface area (TPSA) is 117 Å².